The van der Waals surface area contributed by atoms with Crippen LogP contribution in [0.1, 0.15) is 25.7 Å². The number of rotatable bonds is 3. The van der Waals surface area contributed by atoms with Gasteiger partial charge in [-0.2, -0.15) is 0 Å². The second-order valence-corrected chi connectivity index (χ2v) is 4.18. The van der Waals surface area contributed by atoms with E-state index in [0.29, 0.717) is 18.9 Å². The van der Waals surface area contributed by atoms with E-state index in [4.69, 9.17) is 0 Å². The van der Waals surface area contributed by atoms with Crippen molar-refractivity contribution in [3.63, 3.8) is 0 Å². The molecule has 1 radical (unpaired) electrons. The highest BCUT2D eigenvalue weighted by Gasteiger charge is 2.22. The molecule has 0 saturated carbocycles. The first-order chi connectivity index (χ1) is 6.65. The van der Waals surface area contributed by atoms with Gasteiger partial charge in [0.15, 0.2) is 0 Å². The fourth-order valence-corrected chi connectivity index (χ4v) is 1.94. The molecule has 0 unspecified atom stereocenters. The number of amides is 1. The number of hydrogen-bond donors (Lipinski definition) is 0. The van der Waals surface area contributed by atoms with Crippen molar-refractivity contribution in [2.75, 3.05) is 27.2 Å². The number of hydrogen-bond acceptors (Lipinski definition) is 2. The predicted octanol–water partition coefficient (Wildman–Crippen LogP) is 1.15. The lowest BCUT2D eigenvalue weighted by molar-refractivity contribution is -0.132. The van der Waals surface area contributed by atoms with Crippen molar-refractivity contribution >= 4 is 5.91 Å². The molecule has 0 aromatic heterocycles. The van der Waals surface area contributed by atoms with Crippen LogP contribution in [0.4, 0.5) is 0 Å². The second kappa shape index (κ2) is 5.35. The summed E-state index contributed by atoms with van der Waals surface area (Å²) in [6.45, 7) is 5.54. The largest absolute Gasteiger partial charge is 0.343 e. The van der Waals surface area contributed by atoms with E-state index in [1.807, 2.05) is 4.90 Å². The minimum Gasteiger partial charge on any atom is -0.343 e. The highest BCUT2D eigenvalue weighted by atomic mass is 16.2. The fourth-order valence-electron chi connectivity index (χ4n) is 1.94. The third-order valence-electron chi connectivity index (χ3n) is 2.94. The normalized spacial score (nSPS) is 19.0. The summed E-state index contributed by atoms with van der Waals surface area (Å²) < 4.78 is 0. The molecule has 0 bridgehead atoms. The van der Waals surface area contributed by atoms with E-state index in [1.165, 1.54) is 0 Å². The highest BCUT2D eigenvalue weighted by Crippen LogP contribution is 2.15. The van der Waals surface area contributed by atoms with Gasteiger partial charge < -0.3 is 9.80 Å². The molecule has 14 heavy (non-hydrogen) atoms. The van der Waals surface area contributed by atoms with Crippen molar-refractivity contribution in [3.05, 3.63) is 6.92 Å². The van der Waals surface area contributed by atoms with Gasteiger partial charge in [-0.3, -0.25) is 4.79 Å². The predicted molar refractivity (Wildman–Crippen MR) is 57.9 cm³/mol. The first kappa shape index (κ1) is 11.5. The molecule has 1 rings (SSSR count). The van der Waals surface area contributed by atoms with Crippen LogP contribution in [0.2, 0.25) is 0 Å². The molecule has 0 N–H and O–H groups in total. The van der Waals surface area contributed by atoms with Gasteiger partial charge in [-0.1, -0.05) is 6.92 Å². The van der Waals surface area contributed by atoms with E-state index < -0.39 is 0 Å². The monoisotopic (exact) mass is 197 g/mol. The molecule has 3 heteroatoms. The SMILES string of the molecule is [CH2]CCC(=O)N1CCC(N(C)C)CC1. The number of likely N-dealkylation sites (tertiary alicyclic amines) is 1. The van der Waals surface area contributed by atoms with Gasteiger partial charge in [-0.05, 0) is 33.4 Å². The van der Waals surface area contributed by atoms with Crippen LogP contribution in [-0.2, 0) is 4.79 Å². The van der Waals surface area contributed by atoms with E-state index >= 15 is 0 Å². The van der Waals surface area contributed by atoms with Crippen LogP contribution in [0.5, 0.6) is 0 Å². The molecule has 0 spiro atoms. The van der Waals surface area contributed by atoms with Crippen molar-refractivity contribution in [1.82, 2.24) is 9.80 Å². The van der Waals surface area contributed by atoms with Crippen LogP contribution >= 0.6 is 0 Å². The van der Waals surface area contributed by atoms with E-state index in [-0.39, 0.29) is 5.91 Å². The summed E-state index contributed by atoms with van der Waals surface area (Å²) in [7, 11) is 4.22. The summed E-state index contributed by atoms with van der Waals surface area (Å²) in [4.78, 5) is 15.8. The molecular weight excluding hydrogens is 176 g/mol. The Hall–Kier alpha value is -0.570. The molecule has 1 aliphatic heterocycles. The summed E-state index contributed by atoms with van der Waals surface area (Å²) in [5.41, 5.74) is 0. The summed E-state index contributed by atoms with van der Waals surface area (Å²) >= 11 is 0. The average molecular weight is 197 g/mol. The van der Waals surface area contributed by atoms with Gasteiger partial charge in [0.25, 0.3) is 0 Å². The summed E-state index contributed by atoms with van der Waals surface area (Å²) in [6, 6.07) is 0.652. The molecule has 0 atom stereocenters. The van der Waals surface area contributed by atoms with Crippen LogP contribution in [0.25, 0.3) is 0 Å². The Morgan fingerprint density at radius 1 is 1.43 bits per heavy atom. The van der Waals surface area contributed by atoms with Gasteiger partial charge in [0.2, 0.25) is 5.91 Å². The van der Waals surface area contributed by atoms with Gasteiger partial charge in [0.05, 0.1) is 0 Å². The fraction of sp³-hybridized carbons (Fsp3) is 0.818. The van der Waals surface area contributed by atoms with Crippen molar-refractivity contribution in [2.24, 2.45) is 0 Å². The number of carbonyl (C=O) groups is 1. The number of carbonyl (C=O) groups excluding carboxylic acids is 1. The van der Waals surface area contributed by atoms with Crippen molar-refractivity contribution in [2.45, 2.75) is 31.7 Å². The zero-order valence-corrected chi connectivity index (χ0v) is 9.33. The van der Waals surface area contributed by atoms with Gasteiger partial charge in [0.1, 0.15) is 0 Å². The van der Waals surface area contributed by atoms with Crippen molar-refractivity contribution in [1.29, 1.82) is 0 Å². The van der Waals surface area contributed by atoms with Gasteiger partial charge in [-0.25, -0.2) is 0 Å². The lowest BCUT2D eigenvalue weighted by Gasteiger charge is -2.35. The molecule has 1 heterocycles. The van der Waals surface area contributed by atoms with Gasteiger partial charge >= 0.3 is 0 Å². The minimum atomic E-state index is 0.275. The standard InChI is InChI=1S/C11H21N2O/c1-4-5-11(14)13-8-6-10(7-9-13)12(2)3/h10H,1,4-9H2,2-3H3. The Kier molecular flexibility index (Phi) is 4.39. The maximum atomic E-state index is 11.5. The molecule has 0 aromatic carbocycles. The molecule has 0 aliphatic carbocycles. The Bertz CT molecular complexity index is 184. The summed E-state index contributed by atoms with van der Waals surface area (Å²) in [5.74, 6) is 0.275. The summed E-state index contributed by atoms with van der Waals surface area (Å²) in [6.07, 6.45) is 3.53. The maximum absolute atomic E-state index is 11.5. The molecule has 1 fully saturated rings. The smallest absolute Gasteiger partial charge is 0.222 e. The molecule has 1 aliphatic rings. The molecule has 3 nitrogen and oxygen atoms in total. The topological polar surface area (TPSA) is 23.6 Å². The van der Waals surface area contributed by atoms with E-state index in [1.54, 1.807) is 0 Å². The first-order valence-electron chi connectivity index (χ1n) is 5.38. The molecule has 81 valence electrons. The maximum Gasteiger partial charge on any atom is 0.222 e. The first-order valence-corrected chi connectivity index (χ1v) is 5.38. The van der Waals surface area contributed by atoms with E-state index in [9.17, 15) is 4.79 Å². The number of nitrogens with zero attached hydrogens (tertiary/aromatic N) is 2. The van der Waals surface area contributed by atoms with Crippen LogP contribution in [0.15, 0.2) is 0 Å². The van der Waals surface area contributed by atoms with Crippen LogP contribution in [-0.4, -0.2) is 48.9 Å². The summed E-state index contributed by atoms with van der Waals surface area (Å²) in [5, 5.41) is 0. The molecule has 1 amide bonds. The number of piperidine rings is 1. The average Bonchev–Trinajstić information content (AvgIpc) is 2.18. The van der Waals surface area contributed by atoms with Crippen molar-refractivity contribution in [3.8, 4) is 0 Å². The van der Waals surface area contributed by atoms with Gasteiger partial charge in [-0.15, -0.1) is 0 Å². The molecule has 1 saturated heterocycles. The van der Waals surface area contributed by atoms with Crippen molar-refractivity contribution < 1.29 is 4.79 Å². The zero-order chi connectivity index (χ0) is 10.6. The van der Waals surface area contributed by atoms with Crippen LogP contribution < -0.4 is 0 Å². The third kappa shape index (κ3) is 2.98. The van der Waals surface area contributed by atoms with E-state index in [0.717, 1.165) is 25.9 Å². The molecular formula is C11H21N2O. The Labute approximate surface area is 87.1 Å². The lowest BCUT2D eigenvalue weighted by Crippen LogP contribution is -2.44. The van der Waals surface area contributed by atoms with Crippen LogP contribution in [0, 0.1) is 6.92 Å². The quantitative estimate of drug-likeness (QED) is 0.677. The Morgan fingerprint density at radius 3 is 2.43 bits per heavy atom. The second-order valence-electron chi connectivity index (χ2n) is 4.18. The molecule has 0 aromatic rings. The zero-order valence-electron chi connectivity index (χ0n) is 9.33. The van der Waals surface area contributed by atoms with Crippen LogP contribution in [0.3, 0.4) is 0 Å². The Morgan fingerprint density at radius 2 is 2.00 bits per heavy atom. The lowest BCUT2D eigenvalue weighted by atomic mass is 10.0. The van der Waals surface area contributed by atoms with E-state index in [2.05, 4.69) is 25.9 Å². The Balaban J connectivity index is 2.31. The highest BCUT2D eigenvalue weighted by molar-refractivity contribution is 5.76. The minimum absolute atomic E-state index is 0.275. The third-order valence-corrected chi connectivity index (χ3v) is 2.94. The van der Waals surface area contributed by atoms with Gasteiger partial charge in [0, 0.05) is 25.6 Å².